The van der Waals surface area contributed by atoms with Gasteiger partial charge in [-0.15, -0.1) is 0 Å². The monoisotopic (exact) mass is 418 g/mol. The largest absolute Gasteiger partial charge is 0.497 e. The Hall–Kier alpha value is -3.54. The van der Waals surface area contributed by atoms with Crippen molar-refractivity contribution in [2.24, 2.45) is 0 Å². The van der Waals surface area contributed by atoms with E-state index in [1.807, 2.05) is 71.6 Å². The SMILES string of the molecule is COc1cccc(CC(=O)N2CCN(C(=O)COc3cccc4ccccc34)CC2)c1. The second kappa shape index (κ2) is 9.51. The van der Waals surface area contributed by atoms with E-state index in [0.717, 1.165) is 22.1 Å². The summed E-state index contributed by atoms with van der Waals surface area (Å²) in [6.07, 6.45) is 0.329. The first kappa shape index (κ1) is 20.7. The van der Waals surface area contributed by atoms with Crippen molar-refractivity contribution < 1.29 is 19.1 Å². The fourth-order valence-corrected chi connectivity index (χ4v) is 3.83. The van der Waals surface area contributed by atoms with Gasteiger partial charge in [0.15, 0.2) is 6.61 Å². The van der Waals surface area contributed by atoms with Gasteiger partial charge in [-0.3, -0.25) is 9.59 Å². The molecule has 0 aromatic heterocycles. The van der Waals surface area contributed by atoms with Crippen LogP contribution in [0.2, 0.25) is 0 Å². The molecule has 4 rings (SSSR count). The lowest BCUT2D eigenvalue weighted by Crippen LogP contribution is -2.52. The number of ether oxygens (including phenoxy) is 2. The van der Waals surface area contributed by atoms with Crippen molar-refractivity contribution in [1.82, 2.24) is 9.80 Å². The number of benzene rings is 3. The van der Waals surface area contributed by atoms with Gasteiger partial charge in [-0.1, -0.05) is 48.5 Å². The molecule has 0 aliphatic carbocycles. The zero-order chi connectivity index (χ0) is 21.6. The molecule has 1 aliphatic rings. The van der Waals surface area contributed by atoms with Crippen LogP contribution in [-0.2, 0) is 16.0 Å². The molecular formula is C25H26N2O4. The molecule has 0 N–H and O–H groups in total. The maximum Gasteiger partial charge on any atom is 0.260 e. The van der Waals surface area contributed by atoms with Crippen molar-refractivity contribution in [3.63, 3.8) is 0 Å². The Morgan fingerprint density at radius 1 is 0.839 bits per heavy atom. The molecule has 0 unspecified atom stereocenters. The third kappa shape index (κ3) is 4.97. The molecule has 3 aromatic carbocycles. The van der Waals surface area contributed by atoms with Crippen molar-refractivity contribution >= 4 is 22.6 Å². The molecule has 0 bridgehead atoms. The van der Waals surface area contributed by atoms with Gasteiger partial charge in [0, 0.05) is 31.6 Å². The number of carbonyl (C=O) groups is 2. The molecule has 0 atom stereocenters. The average molecular weight is 418 g/mol. The van der Waals surface area contributed by atoms with Crippen LogP contribution in [0.25, 0.3) is 10.8 Å². The van der Waals surface area contributed by atoms with Crippen LogP contribution in [0.3, 0.4) is 0 Å². The highest BCUT2D eigenvalue weighted by molar-refractivity contribution is 5.88. The summed E-state index contributed by atoms with van der Waals surface area (Å²) in [5.74, 6) is 1.45. The van der Waals surface area contributed by atoms with Crippen LogP contribution in [0.5, 0.6) is 11.5 Å². The molecule has 0 spiro atoms. The van der Waals surface area contributed by atoms with Gasteiger partial charge in [0.05, 0.1) is 13.5 Å². The first-order valence-electron chi connectivity index (χ1n) is 10.4. The topological polar surface area (TPSA) is 59.1 Å². The van der Waals surface area contributed by atoms with Gasteiger partial charge < -0.3 is 19.3 Å². The summed E-state index contributed by atoms with van der Waals surface area (Å²) in [5, 5.41) is 2.07. The summed E-state index contributed by atoms with van der Waals surface area (Å²) in [6.45, 7) is 2.08. The molecule has 6 nitrogen and oxygen atoms in total. The number of fused-ring (bicyclic) bond motifs is 1. The molecule has 1 aliphatic heterocycles. The van der Waals surface area contributed by atoms with Crippen molar-refractivity contribution in [3.05, 3.63) is 72.3 Å². The zero-order valence-corrected chi connectivity index (χ0v) is 17.6. The molecule has 2 amide bonds. The Morgan fingerprint density at radius 3 is 2.29 bits per heavy atom. The Labute approximate surface area is 182 Å². The Balaban J connectivity index is 1.28. The van der Waals surface area contributed by atoms with Crippen molar-refractivity contribution in [3.8, 4) is 11.5 Å². The highest BCUT2D eigenvalue weighted by Crippen LogP contribution is 2.25. The molecule has 1 heterocycles. The minimum absolute atomic E-state index is 0.00817. The van der Waals surface area contributed by atoms with E-state index < -0.39 is 0 Å². The molecule has 6 heteroatoms. The van der Waals surface area contributed by atoms with Gasteiger partial charge in [-0.25, -0.2) is 0 Å². The van der Waals surface area contributed by atoms with E-state index in [2.05, 4.69) is 0 Å². The number of methoxy groups -OCH3 is 1. The van der Waals surface area contributed by atoms with Crippen LogP contribution in [0.4, 0.5) is 0 Å². The van der Waals surface area contributed by atoms with E-state index in [1.165, 1.54) is 0 Å². The van der Waals surface area contributed by atoms with E-state index in [-0.39, 0.29) is 18.4 Å². The van der Waals surface area contributed by atoms with E-state index >= 15 is 0 Å². The molecule has 1 fully saturated rings. The molecule has 0 radical (unpaired) electrons. The normalized spacial score (nSPS) is 13.8. The summed E-state index contributed by atoms with van der Waals surface area (Å²) >= 11 is 0. The summed E-state index contributed by atoms with van der Waals surface area (Å²) in [7, 11) is 1.61. The third-order valence-electron chi connectivity index (χ3n) is 5.58. The van der Waals surface area contributed by atoms with Crippen LogP contribution < -0.4 is 9.47 Å². The fraction of sp³-hybridized carbons (Fsp3) is 0.280. The molecule has 3 aromatic rings. The maximum absolute atomic E-state index is 12.6. The summed E-state index contributed by atoms with van der Waals surface area (Å²) in [5.41, 5.74) is 0.923. The Morgan fingerprint density at radius 2 is 1.52 bits per heavy atom. The first-order chi connectivity index (χ1) is 15.1. The lowest BCUT2D eigenvalue weighted by atomic mass is 10.1. The summed E-state index contributed by atoms with van der Waals surface area (Å²) < 4.78 is 11.0. The second-order valence-corrected chi connectivity index (χ2v) is 7.56. The van der Waals surface area contributed by atoms with E-state index in [4.69, 9.17) is 9.47 Å². The number of piperazine rings is 1. The maximum atomic E-state index is 12.6. The van der Waals surface area contributed by atoms with E-state index in [0.29, 0.717) is 38.3 Å². The predicted octanol–water partition coefficient (Wildman–Crippen LogP) is 3.14. The van der Waals surface area contributed by atoms with Crippen LogP contribution in [-0.4, -0.2) is 61.5 Å². The molecule has 1 saturated heterocycles. The van der Waals surface area contributed by atoms with Crippen LogP contribution >= 0.6 is 0 Å². The minimum Gasteiger partial charge on any atom is -0.497 e. The van der Waals surface area contributed by atoms with Gasteiger partial charge in [0.25, 0.3) is 5.91 Å². The minimum atomic E-state index is -0.0622. The molecular weight excluding hydrogens is 392 g/mol. The number of carbonyl (C=O) groups excluding carboxylic acids is 2. The number of amides is 2. The molecule has 0 saturated carbocycles. The molecule has 31 heavy (non-hydrogen) atoms. The van der Waals surface area contributed by atoms with Gasteiger partial charge in [0.1, 0.15) is 11.5 Å². The van der Waals surface area contributed by atoms with Crippen LogP contribution in [0.15, 0.2) is 66.7 Å². The highest BCUT2D eigenvalue weighted by Gasteiger charge is 2.24. The summed E-state index contributed by atoms with van der Waals surface area (Å²) in [4.78, 5) is 28.8. The number of hydrogen-bond acceptors (Lipinski definition) is 4. The average Bonchev–Trinajstić information content (AvgIpc) is 2.82. The first-order valence-corrected chi connectivity index (χ1v) is 10.4. The molecule has 160 valence electrons. The third-order valence-corrected chi connectivity index (χ3v) is 5.58. The van der Waals surface area contributed by atoms with E-state index in [1.54, 1.807) is 12.0 Å². The Bertz CT molecular complexity index is 1070. The second-order valence-electron chi connectivity index (χ2n) is 7.56. The lowest BCUT2D eigenvalue weighted by molar-refractivity contribution is -0.140. The predicted molar refractivity (Wildman–Crippen MR) is 119 cm³/mol. The Kier molecular flexibility index (Phi) is 6.36. The standard InChI is InChI=1S/C25H26N2O4/c1-30-21-9-4-6-19(16-21)17-24(28)26-12-14-27(15-13-26)25(29)18-31-23-11-5-8-20-7-2-3-10-22(20)23/h2-11,16H,12-15,17-18H2,1H3. The fourth-order valence-electron chi connectivity index (χ4n) is 3.83. The van der Waals surface area contributed by atoms with Gasteiger partial charge >= 0.3 is 0 Å². The van der Waals surface area contributed by atoms with Crippen LogP contribution in [0, 0.1) is 0 Å². The van der Waals surface area contributed by atoms with E-state index in [9.17, 15) is 9.59 Å². The van der Waals surface area contributed by atoms with Crippen molar-refractivity contribution in [2.45, 2.75) is 6.42 Å². The summed E-state index contributed by atoms with van der Waals surface area (Å²) in [6, 6.07) is 21.3. The number of rotatable bonds is 6. The van der Waals surface area contributed by atoms with Gasteiger partial charge in [-0.05, 0) is 29.1 Å². The lowest BCUT2D eigenvalue weighted by Gasteiger charge is -2.34. The quantitative estimate of drug-likeness (QED) is 0.617. The number of nitrogens with zero attached hydrogens (tertiary/aromatic N) is 2. The number of hydrogen-bond donors (Lipinski definition) is 0. The van der Waals surface area contributed by atoms with Crippen molar-refractivity contribution in [1.29, 1.82) is 0 Å². The van der Waals surface area contributed by atoms with Gasteiger partial charge in [-0.2, -0.15) is 0 Å². The van der Waals surface area contributed by atoms with Gasteiger partial charge in [0.2, 0.25) is 5.91 Å². The highest BCUT2D eigenvalue weighted by atomic mass is 16.5. The zero-order valence-electron chi connectivity index (χ0n) is 17.6. The smallest absolute Gasteiger partial charge is 0.260 e. The van der Waals surface area contributed by atoms with Crippen molar-refractivity contribution in [2.75, 3.05) is 39.9 Å². The van der Waals surface area contributed by atoms with Crippen LogP contribution in [0.1, 0.15) is 5.56 Å².